The van der Waals surface area contributed by atoms with E-state index in [9.17, 15) is 4.39 Å². The summed E-state index contributed by atoms with van der Waals surface area (Å²) < 4.78 is 15.4. The van der Waals surface area contributed by atoms with E-state index in [4.69, 9.17) is 5.26 Å². The summed E-state index contributed by atoms with van der Waals surface area (Å²) in [6.45, 7) is 2.51. The maximum Gasteiger partial charge on any atom is 0.140 e. The molecule has 1 aromatic heterocycles. The van der Waals surface area contributed by atoms with Crippen LogP contribution in [-0.2, 0) is 6.54 Å². The minimum absolute atomic E-state index is 0.0737. The van der Waals surface area contributed by atoms with Gasteiger partial charge in [0.25, 0.3) is 0 Å². The monoisotopic (exact) mass is 265 g/mol. The molecule has 0 fully saturated rings. The van der Waals surface area contributed by atoms with Gasteiger partial charge >= 0.3 is 0 Å². The maximum atomic E-state index is 13.3. The number of aromatic nitrogens is 2. The Hall–Kier alpha value is -2.67. The van der Waals surface area contributed by atoms with E-state index in [-0.39, 0.29) is 5.56 Å². The van der Waals surface area contributed by atoms with Gasteiger partial charge in [0, 0.05) is 6.54 Å². The molecule has 98 valence electrons. The fourth-order valence-electron chi connectivity index (χ4n) is 2.33. The number of imidazole rings is 1. The average molecular weight is 265 g/mol. The van der Waals surface area contributed by atoms with Crippen molar-refractivity contribution in [3.63, 3.8) is 0 Å². The third-order valence-corrected chi connectivity index (χ3v) is 3.34. The second-order valence-electron chi connectivity index (χ2n) is 4.66. The number of hydrogen-bond acceptors (Lipinski definition) is 2. The highest BCUT2D eigenvalue weighted by molar-refractivity contribution is 5.75. The lowest BCUT2D eigenvalue weighted by molar-refractivity contribution is 0.622. The highest BCUT2D eigenvalue weighted by Crippen LogP contribution is 2.18. The first-order valence-electron chi connectivity index (χ1n) is 6.29. The Morgan fingerprint density at radius 1 is 1.25 bits per heavy atom. The van der Waals surface area contributed by atoms with E-state index in [2.05, 4.69) is 9.55 Å². The van der Waals surface area contributed by atoms with Gasteiger partial charge in [0.15, 0.2) is 0 Å². The largest absolute Gasteiger partial charge is 0.324 e. The van der Waals surface area contributed by atoms with Gasteiger partial charge in [-0.3, -0.25) is 0 Å². The number of benzene rings is 2. The molecule has 0 aliphatic heterocycles. The van der Waals surface area contributed by atoms with Crippen LogP contribution in [0.5, 0.6) is 0 Å². The lowest BCUT2D eigenvalue weighted by Crippen LogP contribution is -2.02. The van der Waals surface area contributed by atoms with Crippen molar-refractivity contribution in [1.82, 2.24) is 9.55 Å². The first kappa shape index (κ1) is 12.4. The molecular weight excluding hydrogens is 253 g/mol. The van der Waals surface area contributed by atoms with E-state index in [0.29, 0.717) is 6.54 Å². The average Bonchev–Trinajstić information content (AvgIpc) is 2.77. The third kappa shape index (κ3) is 2.04. The Morgan fingerprint density at radius 3 is 2.85 bits per heavy atom. The second kappa shape index (κ2) is 4.78. The topological polar surface area (TPSA) is 41.6 Å². The van der Waals surface area contributed by atoms with Crippen LogP contribution in [0.1, 0.15) is 17.0 Å². The Bertz CT molecular complexity index is 827. The Labute approximate surface area is 115 Å². The number of halogens is 1. The summed E-state index contributed by atoms with van der Waals surface area (Å²) in [6, 6.07) is 14.4. The molecule has 0 unspecified atom stereocenters. The van der Waals surface area contributed by atoms with Crippen LogP contribution in [0.3, 0.4) is 0 Å². The van der Waals surface area contributed by atoms with Crippen LogP contribution in [0.4, 0.5) is 4.39 Å². The van der Waals surface area contributed by atoms with Crippen molar-refractivity contribution in [3.8, 4) is 6.07 Å². The van der Waals surface area contributed by atoms with Crippen molar-refractivity contribution < 1.29 is 4.39 Å². The summed E-state index contributed by atoms with van der Waals surface area (Å²) in [7, 11) is 0. The number of nitrogens with zero attached hydrogens (tertiary/aromatic N) is 3. The van der Waals surface area contributed by atoms with Crippen LogP contribution < -0.4 is 0 Å². The van der Waals surface area contributed by atoms with Crippen LogP contribution in [0.2, 0.25) is 0 Å². The van der Waals surface area contributed by atoms with Crippen LogP contribution in [0.25, 0.3) is 11.0 Å². The molecule has 0 radical (unpaired) electrons. The van der Waals surface area contributed by atoms with Crippen molar-refractivity contribution in [3.05, 3.63) is 65.2 Å². The fourth-order valence-corrected chi connectivity index (χ4v) is 2.33. The lowest BCUT2D eigenvalue weighted by atomic mass is 10.1. The molecule has 4 heteroatoms. The summed E-state index contributed by atoms with van der Waals surface area (Å²) >= 11 is 0. The highest BCUT2D eigenvalue weighted by Gasteiger charge is 2.08. The molecular formula is C16H12FN3. The molecule has 20 heavy (non-hydrogen) atoms. The molecule has 0 N–H and O–H groups in total. The van der Waals surface area contributed by atoms with Crippen LogP contribution in [0.15, 0.2) is 42.5 Å². The standard InChI is InChI=1S/C16H12FN3/c1-11-19-15-4-2-3-5-16(15)20(11)10-12-6-7-14(17)13(8-12)9-18/h2-8H,10H2,1H3. The van der Waals surface area contributed by atoms with E-state index >= 15 is 0 Å². The molecule has 2 aromatic carbocycles. The zero-order valence-electron chi connectivity index (χ0n) is 11.0. The molecule has 1 heterocycles. The zero-order chi connectivity index (χ0) is 14.1. The number of hydrogen-bond donors (Lipinski definition) is 0. The molecule has 0 amide bonds. The quantitative estimate of drug-likeness (QED) is 0.712. The van der Waals surface area contributed by atoms with Gasteiger partial charge in [-0.25, -0.2) is 9.37 Å². The van der Waals surface area contributed by atoms with Gasteiger partial charge in [-0.2, -0.15) is 5.26 Å². The van der Waals surface area contributed by atoms with Gasteiger partial charge in [0.2, 0.25) is 0 Å². The Kier molecular flexibility index (Phi) is 2.96. The molecule has 0 saturated heterocycles. The third-order valence-electron chi connectivity index (χ3n) is 3.34. The number of para-hydroxylation sites is 2. The molecule has 0 atom stereocenters. The number of nitriles is 1. The summed E-state index contributed by atoms with van der Waals surface area (Å²) in [4.78, 5) is 4.49. The molecule has 0 aliphatic carbocycles. The molecule has 3 aromatic rings. The zero-order valence-corrected chi connectivity index (χ0v) is 11.0. The fraction of sp³-hybridized carbons (Fsp3) is 0.125. The van der Waals surface area contributed by atoms with Gasteiger partial charge in [0.1, 0.15) is 17.7 Å². The summed E-state index contributed by atoms with van der Waals surface area (Å²) in [5.74, 6) is 0.414. The molecule has 3 nitrogen and oxygen atoms in total. The molecule has 0 aliphatic rings. The summed E-state index contributed by atoms with van der Waals surface area (Å²) in [5.41, 5.74) is 2.93. The second-order valence-corrected chi connectivity index (χ2v) is 4.66. The number of aryl methyl sites for hydroxylation is 1. The first-order valence-corrected chi connectivity index (χ1v) is 6.29. The van der Waals surface area contributed by atoms with Gasteiger partial charge in [-0.15, -0.1) is 0 Å². The van der Waals surface area contributed by atoms with Crippen molar-refractivity contribution >= 4 is 11.0 Å². The van der Waals surface area contributed by atoms with Crippen molar-refractivity contribution in [1.29, 1.82) is 5.26 Å². The highest BCUT2D eigenvalue weighted by atomic mass is 19.1. The predicted molar refractivity (Wildman–Crippen MR) is 74.7 cm³/mol. The van der Waals surface area contributed by atoms with E-state index in [1.165, 1.54) is 6.07 Å². The Morgan fingerprint density at radius 2 is 2.05 bits per heavy atom. The van der Waals surface area contributed by atoms with Crippen LogP contribution in [-0.4, -0.2) is 9.55 Å². The molecule has 0 bridgehead atoms. The van der Waals surface area contributed by atoms with E-state index in [1.54, 1.807) is 12.1 Å². The smallest absolute Gasteiger partial charge is 0.140 e. The lowest BCUT2D eigenvalue weighted by Gasteiger charge is -2.07. The van der Waals surface area contributed by atoms with Crippen molar-refractivity contribution in [2.24, 2.45) is 0 Å². The van der Waals surface area contributed by atoms with Gasteiger partial charge in [-0.05, 0) is 36.8 Å². The van der Waals surface area contributed by atoms with Gasteiger partial charge < -0.3 is 4.57 Å². The predicted octanol–water partition coefficient (Wildman–Crippen LogP) is 3.40. The van der Waals surface area contributed by atoms with E-state index in [1.807, 2.05) is 37.3 Å². The minimum atomic E-state index is -0.483. The number of rotatable bonds is 2. The summed E-state index contributed by atoms with van der Waals surface area (Å²) in [5, 5.41) is 8.89. The molecule has 0 saturated carbocycles. The maximum absolute atomic E-state index is 13.3. The van der Waals surface area contributed by atoms with Crippen LogP contribution in [0, 0.1) is 24.1 Å². The van der Waals surface area contributed by atoms with E-state index < -0.39 is 5.82 Å². The van der Waals surface area contributed by atoms with Crippen LogP contribution >= 0.6 is 0 Å². The van der Waals surface area contributed by atoms with Crippen molar-refractivity contribution in [2.75, 3.05) is 0 Å². The summed E-state index contributed by atoms with van der Waals surface area (Å²) in [6.07, 6.45) is 0. The molecule has 3 rings (SSSR count). The Balaban J connectivity index is 2.06. The van der Waals surface area contributed by atoms with E-state index in [0.717, 1.165) is 22.4 Å². The normalized spacial score (nSPS) is 10.7. The van der Waals surface area contributed by atoms with Gasteiger partial charge in [-0.1, -0.05) is 18.2 Å². The van der Waals surface area contributed by atoms with Crippen molar-refractivity contribution in [2.45, 2.75) is 13.5 Å². The first-order chi connectivity index (χ1) is 9.69. The number of fused-ring (bicyclic) bond motifs is 1. The minimum Gasteiger partial charge on any atom is -0.324 e. The van der Waals surface area contributed by atoms with Gasteiger partial charge in [0.05, 0.1) is 16.6 Å². The molecule has 0 spiro atoms. The SMILES string of the molecule is Cc1nc2ccccc2n1Cc1ccc(F)c(C#N)c1.